The van der Waals surface area contributed by atoms with E-state index in [0.717, 1.165) is 25.7 Å². The van der Waals surface area contributed by atoms with Crippen LogP contribution < -0.4 is 0 Å². The van der Waals surface area contributed by atoms with Crippen LogP contribution in [0.5, 0.6) is 0 Å². The van der Waals surface area contributed by atoms with Crippen molar-refractivity contribution in [2.45, 2.75) is 51.5 Å². The molecule has 0 bridgehead atoms. The topological polar surface area (TPSA) is 77.9 Å². The summed E-state index contributed by atoms with van der Waals surface area (Å²) in [5.41, 5.74) is 0. The molecule has 0 saturated carbocycles. The summed E-state index contributed by atoms with van der Waals surface area (Å²) in [6, 6.07) is -0.463. The zero-order valence-corrected chi connectivity index (χ0v) is 12.8. The van der Waals surface area contributed by atoms with Crippen LogP contribution in [0.25, 0.3) is 0 Å². The Kier molecular flexibility index (Phi) is 5.04. The number of piperidine rings is 1. The van der Waals surface area contributed by atoms with E-state index in [0.29, 0.717) is 32.5 Å². The van der Waals surface area contributed by atoms with Gasteiger partial charge in [0, 0.05) is 25.7 Å². The van der Waals surface area contributed by atoms with Crippen LogP contribution in [0.1, 0.15) is 45.4 Å². The van der Waals surface area contributed by atoms with E-state index in [1.807, 2.05) is 0 Å². The zero-order valence-electron chi connectivity index (χ0n) is 12.0. The van der Waals surface area contributed by atoms with Gasteiger partial charge in [-0.25, -0.2) is 0 Å². The Morgan fingerprint density at radius 1 is 1.05 bits per heavy atom. The number of hydrogen-bond acceptors (Lipinski definition) is 3. The normalized spacial score (nSPS) is 30.9. The van der Waals surface area contributed by atoms with E-state index in [-0.39, 0.29) is 0 Å². The van der Waals surface area contributed by atoms with Gasteiger partial charge in [-0.15, -0.1) is 0 Å². The fraction of sp³-hybridized carbons (Fsp3) is 0.923. The van der Waals surface area contributed by atoms with Gasteiger partial charge in [-0.1, -0.05) is 12.8 Å². The third-order valence-corrected chi connectivity index (χ3v) is 6.56. The summed E-state index contributed by atoms with van der Waals surface area (Å²) in [6.45, 7) is 3.27. The molecule has 2 atom stereocenters. The first-order chi connectivity index (χ1) is 9.44. The van der Waals surface area contributed by atoms with Crippen molar-refractivity contribution in [1.29, 1.82) is 0 Å². The van der Waals surface area contributed by atoms with Gasteiger partial charge in [-0.05, 0) is 32.6 Å². The summed E-state index contributed by atoms with van der Waals surface area (Å²) in [5.74, 6) is -1.49. The average molecular weight is 304 g/mol. The molecule has 1 N–H and O–H groups in total. The molecule has 20 heavy (non-hydrogen) atoms. The monoisotopic (exact) mass is 304 g/mol. The fourth-order valence-corrected chi connectivity index (χ4v) is 5.13. The number of nitrogens with zero attached hydrogens (tertiary/aromatic N) is 2. The van der Waals surface area contributed by atoms with Crippen molar-refractivity contribution in [3.05, 3.63) is 0 Å². The standard InChI is InChI=1S/C13H24N2O4S/c1-11-12(13(16)17)7-6-10-15(11)20(18,19)14-8-4-2-3-5-9-14/h11-12H,2-10H2,1H3,(H,16,17)/t11-,12-/m1/s1. The lowest BCUT2D eigenvalue weighted by atomic mass is 9.92. The number of rotatable bonds is 3. The van der Waals surface area contributed by atoms with Crippen molar-refractivity contribution in [3.63, 3.8) is 0 Å². The largest absolute Gasteiger partial charge is 0.481 e. The van der Waals surface area contributed by atoms with E-state index in [1.165, 1.54) is 4.31 Å². The van der Waals surface area contributed by atoms with Crippen molar-refractivity contribution in [3.8, 4) is 0 Å². The molecule has 0 radical (unpaired) electrons. The molecule has 0 aromatic carbocycles. The van der Waals surface area contributed by atoms with Gasteiger partial charge in [0.05, 0.1) is 5.92 Å². The van der Waals surface area contributed by atoms with Gasteiger partial charge < -0.3 is 5.11 Å². The molecule has 2 saturated heterocycles. The van der Waals surface area contributed by atoms with E-state index in [9.17, 15) is 18.3 Å². The Labute approximate surface area is 120 Å². The Morgan fingerprint density at radius 2 is 1.65 bits per heavy atom. The predicted molar refractivity (Wildman–Crippen MR) is 75.5 cm³/mol. The lowest BCUT2D eigenvalue weighted by Gasteiger charge is -2.39. The second-order valence-corrected chi connectivity index (χ2v) is 7.64. The first kappa shape index (κ1) is 15.7. The van der Waals surface area contributed by atoms with Gasteiger partial charge in [-0.2, -0.15) is 17.0 Å². The van der Waals surface area contributed by atoms with Crippen molar-refractivity contribution in [1.82, 2.24) is 8.61 Å². The minimum Gasteiger partial charge on any atom is -0.481 e. The average Bonchev–Trinajstić information content (AvgIpc) is 2.67. The highest BCUT2D eigenvalue weighted by molar-refractivity contribution is 7.86. The molecule has 2 aliphatic heterocycles. The Balaban J connectivity index is 2.17. The van der Waals surface area contributed by atoms with Crippen LogP contribution in [0.2, 0.25) is 0 Å². The molecule has 2 aliphatic rings. The number of carbonyl (C=O) groups is 1. The summed E-state index contributed by atoms with van der Waals surface area (Å²) in [4.78, 5) is 11.2. The van der Waals surface area contributed by atoms with Crippen molar-refractivity contribution < 1.29 is 18.3 Å². The lowest BCUT2D eigenvalue weighted by molar-refractivity contribution is -0.144. The number of carboxylic acid groups (broad SMARTS) is 1. The van der Waals surface area contributed by atoms with Crippen LogP contribution in [0.3, 0.4) is 0 Å². The molecule has 0 unspecified atom stereocenters. The minimum atomic E-state index is -3.52. The number of hydrogen-bond donors (Lipinski definition) is 1. The van der Waals surface area contributed by atoms with Gasteiger partial charge in [-0.3, -0.25) is 4.79 Å². The molecular formula is C13H24N2O4S. The summed E-state index contributed by atoms with van der Waals surface area (Å²) in [5, 5.41) is 9.21. The molecule has 6 nitrogen and oxygen atoms in total. The molecule has 2 fully saturated rings. The first-order valence-electron chi connectivity index (χ1n) is 7.44. The molecule has 0 aliphatic carbocycles. The molecule has 0 amide bonds. The number of carboxylic acids is 1. The first-order valence-corrected chi connectivity index (χ1v) is 8.84. The molecule has 2 heterocycles. The Hall–Kier alpha value is -0.660. The third-order valence-electron chi connectivity index (χ3n) is 4.44. The predicted octanol–water partition coefficient (Wildman–Crippen LogP) is 1.29. The maximum atomic E-state index is 12.7. The van der Waals surface area contributed by atoms with Crippen LogP contribution >= 0.6 is 0 Å². The van der Waals surface area contributed by atoms with Gasteiger partial charge in [0.2, 0.25) is 0 Å². The quantitative estimate of drug-likeness (QED) is 0.852. The van der Waals surface area contributed by atoms with E-state index in [1.54, 1.807) is 11.2 Å². The van der Waals surface area contributed by atoms with Crippen LogP contribution in [-0.4, -0.2) is 53.8 Å². The molecule has 0 aromatic heterocycles. The molecule has 2 rings (SSSR count). The summed E-state index contributed by atoms with van der Waals surface area (Å²) in [7, 11) is -3.52. The fourth-order valence-electron chi connectivity index (χ4n) is 3.19. The van der Waals surface area contributed by atoms with Crippen molar-refractivity contribution >= 4 is 16.2 Å². The minimum absolute atomic E-state index is 0.434. The molecule has 116 valence electrons. The summed E-state index contributed by atoms with van der Waals surface area (Å²) >= 11 is 0. The third kappa shape index (κ3) is 3.15. The maximum absolute atomic E-state index is 12.7. The second kappa shape index (κ2) is 6.41. The van der Waals surface area contributed by atoms with Crippen LogP contribution in [0.15, 0.2) is 0 Å². The highest BCUT2D eigenvalue weighted by Crippen LogP contribution is 2.28. The summed E-state index contributed by atoms with van der Waals surface area (Å²) < 4.78 is 28.4. The molecule has 0 aromatic rings. The van der Waals surface area contributed by atoms with Gasteiger partial charge in [0.15, 0.2) is 0 Å². The van der Waals surface area contributed by atoms with Crippen molar-refractivity contribution in [2.75, 3.05) is 19.6 Å². The maximum Gasteiger partial charge on any atom is 0.308 e. The highest BCUT2D eigenvalue weighted by atomic mass is 32.2. The zero-order chi connectivity index (χ0) is 14.8. The molecular weight excluding hydrogens is 280 g/mol. The van der Waals surface area contributed by atoms with Gasteiger partial charge >= 0.3 is 5.97 Å². The summed E-state index contributed by atoms with van der Waals surface area (Å²) in [6.07, 6.45) is 5.10. The van der Waals surface area contributed by atoms with E-state index in [4.69, 9.17) is 0 Å². The van der Waals surface area contributed by atoms with Crippen molar-refractivity contribution in [2.24, 2.45) is 5.92 Å². The molecule has 0 spiro atoms. The second-order valence-electron chi connectivity index (χ2n) is 5.76. The van der Waals surface area contributed by atoms with Gasteiger partial charge in [0.25, 0.3) is 10.2 Å². The van der Waals surface area contributed by atoms with Gasteiger partial charge in [0.1, 0.15) is 0 Å². The smallest absolute Gasteiger partial charge is 0.308 e. The van der Waals surface area contributed by atoms with E-state index >= 15 is 0 Å². The van der Waals surface area contributed by atoms with Crippen LogP contribution in [0.4, 0.5) is 0 Å². The van der Waals surface area contributed by atoms with Crippen LogP contribution in [-0.2, 0) is 15.0 Å². The molecule has 7 heteroatoms. The number of aliphatic carboxylic acids is 1. The van der Waals surface area contributed by atoms with E-state index < -0.39 is 28.1 Å². The Bertz CT molecular complexity index is 443. The SMILES string of the molecule is C[C@@H]1[C@H](C(=O)O)CCCN1S(=O)(=O)N1CCCCCC1. The Morgan fingerprint density at radius 3 is 2.20 bits per heavy atom. The van der Waals surface area contributed by atoms with Crippen LogP contribution in [0, 0.1) is 5.92 Å². The lowest BCUT2D eigenvalue weighted by Crippen LogP contribution is -2.54. The van der Waals surface area contributed by atoms with E-state index in [2.05, 4.69) is 0 Å². The highest BCUT2D eigenvalue weighted by Gasteiger charge is 2.41.